The van der Waals surface area contributed by atoms with Crippen LogP contribution in [0.25, 0.3) is 5.82 Å². The van der Waals surface area contributed by atoms with Gasteiger partial charge in [0.1, 0.15) is 5.82 Å². The number of nitrogens with zero attached hydrogens (tertiary/aromatic N) is 2. The maximum absolute atomic E-state index is 5.71. The molecule has 0 saturated heterocycles. The van der Waals surface area contributed by atoms with Gasteiger partial charge in [-0.1, -0.05) is 0 Å². The largest absolute Gasteiger partial charge is 0.326 e. The molecule has 2 aromatic heterocycles. The van der Waals surface area contributed by atoms with E-state index in [1.807, 2.05) is 12.3 Å². The molecule has 0 bridgehead atoms. The predicted octanol–water partition coefficient (Wildman–Crippen LogP) is 2.26. The van der Waals surface area contributed by atoms with Crippen molar-refractivity contribution >= 4 is 0 Å². The lowest BCUT2D eigenvalue weighted by molar-refractivity contribution is 0.905. The van der Waals surface area contributed by atoms with Crippen LogP contribution in [-0.2, 0) is 6.54 Å². The number of hydrogen-bond acceptors (Lipinski definition) is 2. The normalized spacial score (nSPS) is 10.8. The zero-order valence-corrected chi connectivity index (χ0v) is 9.99. The summed E-state index contributed by atoms with van der Waals surface area (Å²) in [6.45, 7) is 6.81. The first-order chi connectivity index (χ1) is 7.63. The van der Waals surface area contributed by atoms with Crippen molar-refractivity contribution in [2.45, 2.75) is 27.3 Å². The molecule has 0 aromatic carbocycles. The summed E-state index contributed by atoms with van der Waals surface area (Å²) in [5.74, 6) is 0.967. The van der Waals surface area contributed by atoms with E-state index in [0.717, 1.165) is 5.82 Å². The lowest BCUT2D eigenvalue weighted by Gasteiger charge is -2.09. The first-order valence-electron chi connectivity index (χ1n) is 5.44. The second kappa shape index (κ2) is 4.10. The van der Waals surface area contributed by atoms with Gasteiger partial charge in [-0.25, -0.2) is 4.98 Å². The summed E-state index contributed by atoms with van der Waals surface area (Å²) >= 11 is 0. The zero-order valence-electron chi connectivity index (χ0n) is 9.99. The molecule has 0 unspecified atom stereocenters. The van der Waals surface area contributed by atoms with E-state index in [-0.39, 0.29) is 0 Å². The number of pyridine rings is 1. The van der Waals surface area contributed by atoms with Gasteiger partial charge in [0.05, 0.1) is 0 Å². The Morgan fingerprint density at radius 3 is 2.56 bits per heavy atom. The Bertz CT molecular complexity index is 512. The van der Waals surface area contributed by atoms with Crippen LogP contribution in [0.1, 0.15) is 22.5 Å². The molecule has 0 atom stereocenters. The Labute approximate surface area is 95.9 Å². The fourth-order valence-electron chi connectivity index (χ4n) is 2.03. The average Bonchev–Trinajstić information content (AvgIpc) is 2.53. The molecular formula is C13H17N3. The Morgan fingerprint density at radius 2 is 2.00 bits per heavy atom. The SMILES string of the molecule is Cc1ccnc(-n2c(C)cc(CN)c2C)c1. The van der Waals surface area contributed by atoms with Gasteiger partial charge in [0.15, 0.2) is 0 Å². The van der Waals surface area contributed by atoms with Crippen LogP contribution in [0, 0.1) is 20.8 Å². The molecule has 0 radical (unpaired) electrons. The highest BCUT2D eigenvalue weighted by Crippen LogP contribution is 2.19. The van der Waals surface area contributed by atoms with Crippen molar-refractivity contribution in [1.29, 1.82) is 0 Å². The Hall–Kier alpha value is -1.61. The summed E-state index contributed by atoms with van der Waals surface area (Å²) in [4.78, 5) is 4.40. The Balaban J connectivity index is 2.60. The van der Waals surface area contributed by atoms with Crippen LogP contribution >= 0.6 is 0 Å². The predicted molar refractivity (Wildman–Crippen MR) is 65.7 cm³/mol. The van der Waals surface area contributed by atoms with Crippen LogP contribution in [0.5, 0.6) is 0 Å². The highest BCUT2D eigenvalue weighted by molar-refractivity contribution is 5.38. The van der Waals surface area contributed by atoms with Crippen molar-refractivity contribution < 1.29 is 0 Å². The minimum Gasteiger partial charge on any atom is -0.326 e. The van der Waals surface area contributed by atoms with Gasteiger partial charge in [-0.05, 0) is 50.1 Å². The van der Waals surface area contributed by atoms with Crippen LogP contribution in [-0.4, -0.2) is 9.55 Å². The summed E-state index contributed by atoms with van der Waals surface area (Å²) in [6.07, 6.45) is 1.84. The summed E-state index contributed by atoms with van der Waals surface area (Å²) in [7, 11) is 0. The second-order valence-electron chi connectivity index (χ2n) is 4.13. The Kier molecular flexibility index (Phi) is 2.79. The van der Waals surface area contributed by atoms with E-state index in [2.05, 4.69) is 42.5 Å². The van der Waals surface area contributed by atoms with Crippen molar-refractivity contribution in [2.75, 3.05) is 0 Å². The average molecular weight is 215 g/mol. The van der Waals surface area contributed by atoms with Crippen molar-refractivity contribution in [3.8, 4) is 5.82 Å². The van der Waals surface area contributed by atoms with Gasteiger partial charge in [-0.3, -0.25) is 0 Å². The van der Waals surface area contributed by atoms with Gasteiger partial charge in [0.25, 0.3) is 0 Å². The minimum absolute atomic E-state index is 0.575. The lowest BCUT2D eigenvalue weighted by Crippen LogP contribution is -2.03. The van der Waals surface area contributed by atoms with E-state index in [1.165, 1.54) is 22.5 Å². The van der Waals surface area contributed by atoms with E-state index in [0.29, 0.717) is 6.54 Å². The van der Waals surface area contributed by atoms with Crippen molar-refractivity contribution in [3.05, 3.63) is 46.9 Å². The third-order valence-corrected chi connectivity index (χ3v) is 2.89. The third kappa shape index (κ3) is 1.74. The number of rotatable bonds is 2. The van der Waals surface area contributed by atoms with Gasteiger partial charge in [0.2, 0.25) is 0 Å². The molecule has 84 valence electrons. The molecule has 2 rings (SSSR count). The first kappa shape index (κ1) is 10.9. The van der Waals surface area contributed by atoms with E-state index in [9.17, 15) is 0 Å². The standard InChI is InChI=1S/C13H17N3/c1-9-4-5-15-13(6-9)16-10(2)7-12(8-14)11(16)3/h4-7H,8,14H2,1-3H3. The van der Waals surface area contributed by atoms with E-state index in [4.69, 9.17) is 5.73 Å². The van der Waals surface area contributed by atoms with E-state index < -0.39 is 0 Å². The molecule has 0 saturated carbocycles. The molecular weight excluding hydrogens is 198 g/mol. The van der Waals surface area contributed by atoms with Gasteiger partial charge in [0, 0.05) is 24.1 Å². The van der Waals surface area contributed by atoms with Crippen molar-refractivity contribution in [3.63, 3.8) is 0 Å². The monoisotopic (exact) mass is 215 g/mol. The summed E-state index contributed by atoms with van der Waals surface area (Å²) in [6, 6.07) is 6.21. The molecule has 0 amide bonds. The van der Waals surface area contributed by atoms with Crippen LogP contribution in [0.2, 0.25) is 0 Å². The molecule has 2 N–H and O–H groups in total. The maximum Gasteiger partial charge on any atom is 0.137 e. The maximum atomic E-state index is 5.71. The fraction of sp³-hybridized carbons (Fsp3) is 0.308. The minimum atomic E-state index is 0.575. The zero-order chi connectivity index (χ0) is 11.7. The number of hydrogen-bond donors (Lipinski definition) is 1. The Morgan fingerprint density at radius 1 is 1.25 bits per heavy atom. The van der Waals surface area contributed by atoms with Crippen molar-refractivity contribution in [2.24, 2.45) is 5.73 Å². The molecule has 2 aromatic rings. The van der Waals surface area contributed by atoms with E-state index >= 15 is 0 Å². The fourth-order valence-corrected chi connectivity index (χ4v) is 2.03. The topological polar surface area (TPSA) is 43.8 Å². The summed E-state index contributed by atoms with van der Waals surface area (Å²) < 4.78 is 2.15. The molecule has 2 heterocycles. The number of aromatic nitrogens is 2. The first-order valence-corrected chi connectivity index (χ1v) is 5.44. The molecule has 0 fully saturated rings. The van der Waals surface area contributed by atoms with Crippen LogP contribution in [0.15, 0.2) is 24.4 Å². The lowest BCUT2D eigenvalue weighted by atomic mass is 10.2. The molecule has 3 heteroatoms. The second-order valence-corrected chi connectivity index (χ2v) is 4.13. The van der Waals surface area contributed by atoms with Gasteiger partial charge in [-0.15, -0.1) is 0 Å². The highest BCUT2D eigenvalue weighted by atomic mass is 15.1. The molecule has 0 spiro atoms. The molecule has 3 nitrogen and oxygen atoms in total. The van der Waals surface area contributed by atoms with Gasteiger partial charge < -0.3 is 10.3 Å². The van der Waals surface area contributed by atoms with Crippen LogP contribution in [0.4, 0.5) is 0 Å². The van der Waals surface area contributed by atoms with Crippen LogP contribution in [0.3, 0.4) is 0 Å². The molecule has 16 heavy (non-hydrogen) atoms. The summed E-state index contributed by atoms with van der Waals surface area (Å²) in [5.41, 5.74) is 10.5. The van der Waals surface area contributed by atoms with Crippen LogP contribution < -0.4 is 5.73 Å². The molecule has 0 aliphatic carbocycles. The van der Waals surface area contributed by atoms with Gasteiger partial charge >= 0.3 is 0 Å². The summed E-state index contributed by atoms with van der Waals surface area (Å²) in [5, 5.41) is 0. The molecule has 0 aliphatic rings. The third-order valence-electron chi connectivity index (χ3n) is 2.89. The molecule has 0 aliphatic heterocycles. The number of nitrogens with two attached hydrogens (primary N) is 1. The van der Waals surface area contributed by atoms with Gasteiger partial charge in [-0.2, -0.15) is 0 Å². The smallest absolute Gasteiger partial charge is 0.137 e. The number of aryl methyl sites for hydroxylation is 2. The highest BCUT2D eigenvalue weighted by Gasteiger charge is 2.09. The quantitative estimate of drug-likeness (QED) is 0.835. The van der Waals surface area contributed by atoms with Crippen molar-refractivity contribution in [1.82, 2.24) is 9.55 Å². The van der Waals surface area contributed by atoms with E-state index in [1.54, 1.807) is 0 Å².